The van der Waals surface area contributed by atoms with E-state index in [1.165, 1.54) is 12.1 Å². The Morgan fingerprint density at radius 3 is 2.33 bits per heavy atom. The molecule has 15 heavy (non-hydrogen) atoms. The molecule has 0 aliphatic carbocycles. The Bertz CT molecular complexity index is 414. The van der Waals surface area contributed by atoms with Crippen molar-refractivity contribution in [1.82, 2.24) is 4.72 Å². The molecule has 0 amide bonds. The van der Waals surface area contributed by atoms with Crippen molar-refractivity contribution in [2.24, 2.45) is 0 Å². The standard InChI is InChI=1S/C10H14FNO2S/c1-3-8(2)12-15(13,14)10-6-4-9(11)5-7-10/h4-8,12H,3H2,1-2H3. The van der Waals surface area contributed by atoms with E-state index in [0.29, 0.717) is 6.42 Å². The van der Waals surface area contributed by atoms with Crippen LogP contribution in [0.4, 0.5) is 4.39 Å². The number of benzene rings is 1. The number of sulfonamides is 1. The van der Waals surface area contributed by atoms with Crippen LogP contribution >= 0.6 is 0 Å². The summed E-state index contributed by atoms with van der Waals surface area (Å²) in [5.74, 6) is -0.447. The number of nitrogens with one attached hydrogen (secondary N) is 1. The summed E-state index contributed by atoms with van der Waals surface area (Å²) in [6, 6.07) is 4.64. The van der Waals surface area contributed by atoms with E-state index in [0.717, 1.165) is 12.1 Å². The van der Waals surface area contributed by atoms with Crippen LogP contribution in [0.1, 0.15) is 20.3 Å². The Morgan fingerprint density at radius 1 is 1.33 bits per heavy atom. The molecule has 1 unspecified atom stereocenters. The minimum Gasteiger partial charge on any atom is -0.208 e. The van der Waals surface area contributed by atoms with E-state index in [2.05, 4.69) is 4.72 Å². The molecule has 84 valence electrons. The highest BCUT2D eigenvalue weighted by atomic mass is 32.2. The maximum atomic E-state index is 12.6. The van der Waals surface area contributed by atoms with Gasteiger partial charge >= 0.3 is 0 Å². The molecule has 0 saturated carbocycles. The average molecular weight is 231 g/mol. The van der Waals surface area contributed by atoms with Crippen molar-refractivity contribution in [2.75, 3.05) is 0 Å². The summed E-state index contributed by atoms with van der Waals surface area (Å²) in [7, 11) is -3.51. The lowest BCUT2D eigenvalue weighted by Gasteiger charge is -2.11. The Labute approximate surface area is 89.4 Å². The highest BCUT2D eigenvalue weighted by Gasteiger charge is 2.15. The lowest BCUT2D eigenvalue weighted by molar-refractivity contribution is 0.555. The lowest BCUT2D eigenvalue weighted by atomic mass is 10.3. The van der Waals surface area contributed by atoms with Crippen molar-refractivity contribution < 1.29 is 12.8 Å². The van der Waals surface area contributed by atoms with Gasteiger partial charge in [-0.05, 0) is 37.6 Å². The Morgan fingerprint density at radius 2 is 1.87 bits per heavy atom. The van der Waals surface area contributed by atoms with Crippen molar-refractivity contribution >= 4 is 10.0 Å². The quantitative estimate of drug-likeness (QED) is 0.860. The van der Waals surface area contributed by atoms with E-state index in [9.17, 15) is 12.8 Å². The van der Waals surface area contributed by atoms with E-state index < -0.39 is 15.8 Å². The van der Waals surface area contributed by atoms with Crippen molar-refractivity contribution in [2.45, 2.75) is 31.2 Å². The normalized spacial score (nSPS) is 13.8. The zero-order valence-corrected chi connectivity index (χ0v) is 9.51. The molecular weight excluding hydrogens is 217 g/mol. The SMILES string of the molecule is CCC(C)NS(=O)(=O)c1ccc(F)cc1. The van der Waals surface area contributed by atoms with Gasteiger partial charge in [0.15, 0.2) is 0 Å². The molecule has 1 N–H and O–H groups in total. The predicted molar refractivity (Wildman–Crippen MR) is 56.5 cm³/mol. The summed E-state index contributed by atoms with van der Waals surface area (Å²) in [6.45, 7) is 3.67. The van der Waals surface area contributed by atoms with Crippen LogP contribution in [-0.4, -0.2) is 14.5 Å². The first-order chi connectivity index (χ1) is 6.95. The van der Waals surface area contributed by atoms with Gasteiger partial charge in [-0.3, -0.25) is 0 Å². The van der Waals surface area contributed by atoms with Crippen LogP contribution in [0.3, 0.4) is 0 Å². The first-order valence-electron chi connectivity index (χ1n) is 4.73. The molecule has 0 heterocycles. The molecule has 0 bridgehead atoms. The summed E-state index contributed by atoms with van der Waals surface area (Å²) in [5, 5.41) is 0. The molecule has 0 aliphatic heterocycles. The van der Waals surface area contributed by atoms with Gasteiger partial charge in [0.1, 0.15) is 5.82 Å². The van der Waals surface area contributed by atoms with Crippen LogP contribution in [-0.2, 0) is 10.0 Å². The molecule has 0 spiro atoms. The second-order valence-corrected chi connectivity index (χ2v) is 5.10. The number of hydrogen-bond donors (Lipinski definition) is 1. The average Bonchev–Trinajstić information content (AvgIpc) is 2.17. The summed E-state index contributed by atoms with van der Waals surface area (Å²) < 4.78 is 38.4. The van der Waals surface area contributed by atoms with Crippen molar-refractivity contribution in [3.8, 4) is 0 Å². The molecule has 0 saturated heterocycles. The molecule has 3 nitrogen and oxygen atoms in total. The minimum atomic E-state index is -3.51. The van der Waals surface area contributed by atoms with Gasteiger partial charge in [0.25, 0.3) is 0 Å². The van der Waals surface area contributed by atoms with Gasteiger partial charge in [0, 0.05) is 6.04 Å². The van der Waals surface area contributed by atoms with Crippen molar-refractivity contribution in [3.05, 3.63) is 30.1 Å². The fraction of sp³-hybridized carbons (Fsp3) is 0.400. The maximum absolute atomic E-state index is 12.6. The Kier molecular flexibility index (Phi) is 3.82. The monoisotopic (exact) mass is 231 g/mol. The predicted octanol–water partition coefficient (Wildman–Crippen LogP) is 1.90. The third kappa shape index (κ3) is 3.28. The highest BCUT2D eigenvalue weighted by Crippen LogP contribution is 2.10. The Hall–Kier alpha value is -0.940. The van der Waals surface area contributed by atoms with Crippen molar-refractivity contribution in [3.63, 3.8) is 0 Å². The van der Waals surface area contributed by atoms with Gasteiger partial charge in [0.2, 0.25) is 10.0 Å². The van der Waals surface area contributed by atoms with Gasteiger partial charge in [-0.2, -0.15) is 0 Å². The molecule has 0 aromatic heterocycles. The highest BCUT2D eigenvalue weighted by molar-refractivity contribution is 7.89. The summed E-state index contributed by atoms with van der Waals surface area (Å²) >= 11 is 0. The van der Waals surface area contributed by atoms with E-state index in [1.54, 1.807) is 6.92 Å². The van der Waals surface area contributed by atoms with E-state index in [4.69, 9.17) is 0 Å². The fourth-order valence-corrected chi connectivity index (χ4v) is 2.36. The minimum absolute atomic E-state index is 0.0872. The number of rotatable bonds is 4. The molecule has 1 atom stereocenters. The van der Waals surface area contributed by atoms with Crippen LogP contribution in [0.5, 0.6) is 0 Å². The van der Waals surface area contributed by atoms with Crippen LogP contribution in [0.15, 0.2) is 29.2 Å². The third-order valence-corrected chi connectivity index (χ3v) is 3.70. The molecule has 1 rings (SSSR count). The van der Waals surface area contributed by atoms with E-state index in [1.807, 2.05) is 6.92 Å². The van der Waals surface area contributed by atoms with Crippen molar-refractivity contribution in [1.29, 1.82) is 0 Å². The summed E-state index contributed by atoms with van der Waals surface area (Å²) in [4.78, 5) is 0.0872. The maximum Gasteiger partial charge on any atom is 0.240 e. The van der Waals surface area contributed by atoms with Crippen LogP contribution in [0, 0.1) is 5.82 Å². The van der Waals surface area contributed by atoms with E-state index >= 15 is 0 Å². The molecule has 5 heteroatoms. The number of halogens is 1. The molecule has 1 aromatic carbocycles. The van der Waals surface area contributed by atoms with Crippen LogP contribution in [0.25, 0.3) is 0 Å². The fourth-order valence-electron chi connectivity index (χ4n) is 1.03. The first-order valence-corrected chi connectivity index (χ1v) is 6.22. The van der Waals surface area contributed by atoms with Gasteiger partial charge in [0.05, 0.1) is 4.90 Å². The van der Waals surface area contributed by atoms with Crippen LogP contribution in [0.2, 0.25) is 0 Å². The first kappa shape index (κ1) is 12.1. The van der Waals surface area contributed by atoms with Gasteiger partial charge in [-0.25, -0.2) is 17.5 Å². The summed E-state index contributed by atoms with van der Waals surface area (Å²) in [5.41, 5.74) is 0. The second-order valence-electron chi connectivity index (χ2n) is 3.38. The van der Waals surface area contributed by atoms with E-state index in [-0.39, 0.29) is 10.9 Å². The third-order valence-electron chi connectivity index (χ3n) is 2.09. The zero-order chi connectivity index (χ0) is 11.5. The largest absolute Gasteiger partial charge is 0.240 e. The molecule has 0 aliphatic rings. The molecule has 0 fully saturated rings. The topological polar surface area (TPSA) is 46.2 Å². The van der Waals surface area contributed by atoms with Gasteiger partial charge < -0.3 is 0 Å². The lowest BCUT2D eigenvalue weighted by Crippen LogP contribution is -2.31. The van der Waals surface area contributed by atoms with Gasteiger partial charge in [-0.1, -0.05) is 6.92 Å². The number of hydrogen-bond acceptors (Lipinski definition) is 2. The Balaban J connectivity index is 2.91. The molecule has 1 aromatic rings. The molecule has 0 radical (unpaired) electrons. The van der Waals surface area contributed by atoms with Crippen LogP contribution < -0.4 is 4.72 Å². The van der Waals surface area contributed by atoms with Gasteiger partial charge in [-0.15, -0.1) is 0 Å². The second kappa shape index (κ2) is 4.72. The zero-order valence-electron chi connectivity index (χ0n) is 8.70. The summed E-state index contributed by atoms with van der Waals surface area (Å²) in [6.07, 6.45) is 0.709. The molecular formula is C10H14FNO2S. The smallest absolute Gasteiger partial charge is 0.208 e.